The summed E-state index contributed by atoms with van der Waals surface area (Å²) in [5.41, 5.74) is 4.85. The molecule has 1 spiro atoms. The normalized spacial score (nSPS) is 26.9. The minimum absolute atomic E-state index is 0.122. The van der Waals surface area contributed by atoms with E-state index in [2.05, 4.69) is 0 Å². The summed E-state index contributed by atoms with van der Waals surface area (Å²) in [6.07, 6.45) is 1.20. The van der Waals surface area contributed by atoms with E-state index in [0.29, 0.717) is 38.9 Å². The van der Waals surface area contributed by atoms with Crippen molar-refractivity contribution in [3.8, 4) is 0 Å². The number of sulfone groups is 1. The van der Waals surface area contributed by atoms with E-state index in [4.69, 9.17) is 10.5 Å². The Balaban J connectivity index is 1.99. The number of carbonyl (C=O) groups is 1. The Labute approximate surface area is 101 Å². The van der Waals surface area contributed by atoms with Crippen LogP contribution < -0.4 is 5.73 Å². The summed E-state index contributed by atoms with van der Waals surface area (Å²) in [5, 5.41) is 0. The van der Waals surface area contributed by atoms with E-state index in [1.807, 2.05) is 0 Å². The number of hydrogen-bond acceptors (Lipinski definition) is 5. The SMILES string of the molecule is NCCN1CCC2(CCS(=O)(=O)CC2)OC1=O. The van der Waals surface area contributed by atoms with Gasteiger partial charge in [-0.25, -0.2) is 13.2 Å². The highest BCUT2D eigenvalue weighted by atomic mass is 32.2. The first-order chi connectivity index (χ1) is 7.96. The summed E-state index contributed by atoms with van der Waals surface area (Å²) in [6.45, 7) is 1.51. The lowest BCUT2D eigenvalue weighted by molar-refractivity contribution is -0.0532. The van der Waals surface area contributed by atoms with Gasteiger partial charge in [-0.3, -0.25) is 0 Å². The highest BCUT2D eigenvalue weighted by molar-refractivity contribution is 7.91. The summed E-state index contributed by atoms with van der Waals surface area (Å²) in [6, 6.07) is 0. The molecule has 6 nitrogen and oxygen atoms in total. The quantitative estimate of drug-likeness (QED) is 0.740. The molecular weight excluding hydrogens is 244 g/mol. The van der Waals surface area contributed by atoms with Crippen LogP contribution >= 0.6 is 0 Å². The molecule has 0 radical (unpaired) electrons. The van der Waals surface area contributed by atoms with Gasteiger partial charge in [0.15, 0.2) is 9.84 Å². The molecule has 0 aliphatic carbocycles. The van der Waals surface area contributed by atoms with Gasteiger partial charge in [-0.2, -0.15) is 0 Å². The number of nitrogens with zero attached hydrogens (tertiary/aromatic N) is 1. The third-order valence-electron chi connectivity index (χ3n) is 3.54. The van der Waals surface area contributed by atoms with Crippen molar-refractivity contribution in [3.63, 3.8) is 0 Å². The minimum Gasteiger partial charge on any atom is -0.443 e. The molecule has 7 heteroatoms. The fourth-order valence-corrected chi connectivity index (χ4v) is 3.92. The summed E-state index contributed by atoms with van der Waals surface area (Å²) in [7, 11) is -2.92. The van der Waals surface area contributed by atoms with Crippen LogP contribution in [0, 0.1) is 0 Å². The van der Waals surface area contributed by atoms with Gasteiger partial charge >= 0.3 is 6.09 Å². The first kappa shape index (κ1) is 12.6. The molecule has 0 aromatic carbocycles. The van der Waals surface area contributed by atoms with E-state index in [1.165, 1.54) is 0 Å². The van der Waals surface area contributed by atoms with Gasteiger partial charge in [0.2, 0.25) is 0 Å². The van der Waals surface area contributed by atoms with Crippen molar-refractivity contribution in [3.05, 3.63) is 0 Å². The lowest BCUT2D eigenvalue weighted by atomic mass is 9.91. The van der Waals surface area contributed by atoms with E-state index in [1.54, 1.807) is 4.90 Å². The zero-order valence-electron chi connectivity index (χ0n) is 9.72. The number of rotatable bonds is 2. The van der Waals surface area contributed by atoms with Crippen LogP contribution in [-0.2, 0) is 14.6 Å². The van der Waals surface area contributed by atoms with Crippen LogP contribution in [0.4, 0.5) is 4.79 Å². The fourth-order valence-electron chi connectivity index (χ4n) is 2.35. The molecule has 0 atom stereocenters. The van der Waals surface area contributed by atoms with E-state index >= 15 is 0 Å². The molecule has 2 saturated heterocycles. The van der Waals surface area contributed by atoms with Crippen LogP contribution in [0.25, 0.3) is 0 Å². The molecule has 0 bridgehead atoms. The second-order valence-electron chi connectivity index (χ2n) is 4.73. The lowest BCUT2D eigenvalue weighted by Gasteiger charge is -2.43. The first-order valence-electron chi connectivity index (χ1n) is 5.85. The van der Waals surface area contributed by atoms with Crippen molar-refractivity contribution in [1.82, 2.24) is 4.90 Å². The Morgan fingerprint density at radius 3 is 2.47 bits per heavy atom. The van der Waals surface area contributed by atoms with Gasteiger partial charge in [-0.05, 0) is 0 Å². The zero-order valence-corrected chi connectivity index (χ0v) is 10.5. The van der Waals surface area contributed by atoms with Crippen LogP contribution in [0.5, 0.6) is 0 Å². The van der Waals surface area contributed by atoms with Crippen molar-refractivity contribution in [1.29, 1.82) is 0 Å². The first-order valence-corrected chi connectivity index (χ1v) is 7.67. The Morgan fingerprint density at radius 1 is 1.29 bits per heavy atom. The summed E-state index contributed by atoms with van der Waals surface area (Å²) in [5.74, 6) is 0.244. The summed E-state index contributed by atoms with van der Waals surface area (Å²) in [4.78, 5) is 13.3. The van der Waals surface area contributed by atoms with Crippen molar-refractivity contribution in [2.75, 3.05) is 31.1 Å². The zero-order chi connectivity index (χ0) is 12.5. The standard InChI is InChI=1S/C10H18N2O4S/c11-4-6-12-5-1-10(16-9(12)13)2-7-17(14,15)8-3-10/h1-8,11H2. The van der Waals surface area contributed by atoms with Crippen LogP contribution in [0.3, 0.4) is 0 Å². The third kappa shape index (κ3) is 2.71. The molecule has 17 heavy (non-hydrogen) atoms. The fraction of sp³-hybridized carbons (Fsp3) is 0.900. The third-order valence-corrected chi connectivity index (χ3v) is 5.19. The molecule has 2 rings (SSSR count). The molecule has 0 saturated carbocycles. The second-order valence-corrected chi connectivity index (χ2v) is 7.03. The number of carbonyl (C=O) groups excluding carboxylic acids is 1. The number of hydrogen-bond donors (Lipinski definition) is 1. The van der Waals surface area contributed by atoms with Gasteiger partial charge in [0.1, 0.15) is 5.60 Å². The van der Waals surface area contributed by atoms with E-state index in [0.717, 1.165) is 0 Å². The second kappa shape index (κ2) is 4.45. The highest BCUT2D eigenvalue weighted by Gasteiger charge is 2.44. The molecular formula is C10H18N2O4S. The van der Waals surface area contributed by atoms with Crippen molar-refractivity contribution in [2.45, 2.75) is 24.9 Å². The van der Waals surface area contributed by atoms with Gasteiger partial charge < -0.3 is 15.4 Å². The largest absolute Gasteiger partial charge is 0.443 e. The minimum atomic E-state index is -2.92. The van der Waals surface area contributed by atoms with E-state index < -0.39 is 15.4 Å². The molecule has 98 valence electrons. The smallest absolute Gasteiger partial charge is 0.410 e. The Hall–Kier alpha value is -0.820. The van der Waals surface area contributed by atoms with Gasteiger partial charge in [-0.15, -0.1) is 0 Å². The maximum absolute atomic E-state index is 11.7. The van der Waals surface area contributed by atoms with Crippen LogP contribution in [-0.4, -0.2) is 56.2 Å². The molecule has 2 aliphatic rings. The van der Waals surface area contributed by atoms with Gasteiger partial charge in [0, 0.05) is 38.9 Å². The maximum Gasteiger partial charge on any atom is 0.410 e. The van der Waals surface area contributed by atoms with Gasteiger partial charge in [-0.1, -0.05) is 0 Å². The predicted octanol–water partition coefficient (Wildman–Crippen LogP) is -0.265. The number of amides is 1. The van der Waals surface area contributed by atoms with Crippen molar-refractivity contribution in [2.24, 2.45) is 5.73 Å². The Bertz CT molecular complexity index is 393. The molecule has 0 aromatic rings. The molecule has 2 fully saturated rings. The molecule has 0 aromatic heterocycles. The van der Waals surface area contributed by atoms with Crippen LogP contribution in [0.15, 0.2) is 0 Å². The maximum atomic E-state index is 11.7. The van der Waals surface area contributed by atoms with Gasteiger partial charge in [0.05, 0.1) is 11.5 Å². The van der Waals surface area contributed by atoms with E-state index in [9.17, 15) is 13.2 Å². The number of ether oxygens (including phenoxy) is 1. The highest BCUT2D eigenvalue weighted by Crippen LogP contribution is 2.34. The van der Waals surface area contributed by atoms with Crippen LogP contribution in [0.2, 0.25) is 0 Å². The summed E-state index contributed by atoms with van der Waals surface area (Å²) < 4.78 is 28.2. The summed E-state index contributed by atoms with van der Waals surface area (Å²) >= 11 is 0. The monoisotopic (exact) mass is 262 g/mol. The number of nitrogens with two attached hydrogens (primary N) is 1. The van der Waals surface area contributed by atoms with Crippen LogP contribution in [0.1, 0.15) is 19.3 Å². The molecule has 0 unspecified atom stereocenters. The lowest BCUT2D eigenvalue weighted by Crippen LogP contribution is -2.53. The van der Waals surface area contributed by atoms with Gasteiger partial charge in [0.25, 0.3) is 0 Å². The average molecular weight is 262 g/mol. The Kier molecular flexibility index (Phi) is 3.31. The molecule has 2 N–H and O–H groups in total. The topological polar surface area (TPSA) is 89.7 Å². The van der Waals surface area contributed by atoms with E-state index in [-0.39, 0.29) is 17.6 Å². The van der Waals surface area contributed by atoms with Crippen molar-refractivity contribution >= 4 is 15.9 Å². The average Bonchev–Trinajstić information content (AvgIpc) is 2.28. The predicted molar refractivity (Wildman–Crippen MR) is 62.3 cm³/mol. The van der Waals surface area contributed by atoms with Crippen molar-refractivity contribution < 1.29 is 17.9 Å². The molecule has 2 heterocycles. The Morgan fingerprint density at radius 2 is 1.94 bits per heavy atom. The molecule has 1 amide bonds. The molecule has 2 aliphatic heterocycles.